The van der Waals surface area contributed by atoms with E-state index in [9.17, 15) is 35.5 Å². The fourth-order valence-corrected chi connectivity index (χ4v) is 4.10. The Balaban J connectivity index is 0.000000384. The third-order valence-corrected chi connectivity index (χ3v) is 6.34. The smallest absolute Gasteiger partial charge is 0.430 e. The van der Waals surface area contributed by atoms with Crippen molar-refractivity contribution in [1.29, 1.82) is 0 Å². The number of amides is 1. The fourth-order valence-electron chi connectivity index (χ4n) is 4.10. The van der Waals surface area contributed by atoms with Crippen LogP contribution >= 0.6 is 0 Å². The van der Waals surface area contributed by atoms with Gasteiger partial charge in [0.25, 0.3) is 5.91 Å². The predicted molar refractivity (Wildman–Crippen MR) is 132 cm³/mol. The van der Waals surface area contributed by atoms with Crippen LogP contribution in [0, 0.1) is 11.7 Å². The molecular weight excluding hydrogens is 595 g/mol. The second-order valence-electron chi connectivity index (χ2n) is 9.69. The summed E-state index contributed by atoms with van der Waals surface area (Å²) < 4.78 is 78.5. The van der Waals surface area contributed by atoms with Gasteiger partial charge in [-0.3, -0.25) is 4.79 Å². The van der Waals surface area contributed by atoms with Gasteiger partial charge in [-0.15, -0.1) is 0 Å². The zero-order valence-corrected chi connectivity index (χ0v) is 22.6. The molecule has 0 atom stereocenters. The first-order valence-corrected chi connectivity index (χ1v) is 12.7. The lowest BCUT2D eigenvalue weighted by Gasteiger charge is -2.25. The molecule has 1 aliphatic rings. The SMILES string of the molecule is C[NH+]1CCC(C[NH2+]Cc2ccc(-n3cc4cc(F)cc(C(N)=O)c4n3)cc2)CC1.O=C([O-])C(F)(F)F.O=C([O-])C(F)(F)F. The summed E-state index contributed by atoms with van der Waals surface area (Å²) in [5.41, 5.74) is 7.99. The van der Waals surface area contributed by atoms with Crippen molar-refractivity contribution in [2.45, 2.75) is 31.7 Å². The number of primary amides is 1. The second-order valence-corrected chi connectivity index (χ2v) is 9.69. The highest BCUT2D eigenvalue weighted by molar-refractivity contribution is 6.04. The van der Waals surface area contributed by atoms with Gasteiger partial charge in [0.15, 0.2) is 0 Å². The third-order valence-electron chi connectivity index (χ3n) is 6.34. The molecule has 1 amide bonds. The van der Waals surface area contributed by atoms with Crippen molar-refractivity contribution in [2.75, 3.05) is 26.7 Å². The van der Waals surface area contributed by atoms with Crippen LogP contribution in [0.25, 0.3) is 16.6 Å². The minimum atomic E-state index is -5.19. The number of nitrogens with two attached hydrogens (primary N) is 2. The summed E-state index contributed by atoms with van der Waals surface area (Å²) in [6.45, 7) is 4.71. The van der Waals surface area contributed by atoms with Gasteiger partial charge in [0.1, 0.15) is 29.8 Å². The summed E-state index contributed by atoms with van der Waals surface area (Å²) >= 11 is 0. The van der Waals surface area contributed by atoms with E-state index in [4.69, 9.17) is 25.5 Å². The Hall–Kier alpha value is -4.25. The predicted octanol–water partition coefficient (Wildman–Crippen LogP) is -1.15. The van der Waals surface area contributed by atoms with Crippen molar-refractivity contribution >= 4 is 28.7 Å². The van der Waals surface area contributed by atoms with Gasteiger partial charge >= 0.3 is 12.4 Å². The van der Waals surface area contributed by atoms with E-state index in [2.05, 4.69) is 29.6 Å². The first-order valence-electron chi connectivity index (χ1n) is 12.7. The highest BCUT2D eigenvalue weighted by atomic mass is 19.4. The standard InChI is InChI=1S/C22H26FN5O.2C2HF3O2/c1-27-8-6-16(7-9-27)13-25-12-15-2-4-19(5-3-15)28-14-17-10-18(23)11-20(22(24)29)21(17)26-28;2*3-2(4,5)1(6)7/h2-5,10-11,14,16,25H,6-9,12-13H2,1H3,(H2,24,29);2*(H,6,7). The van der Waals surface area contributed by atoms with Gasteiger partial charge in [-0.05, 0) is 24.3 Å². The molecule has 10 nitrogen and oxygen atoms in total. The number of nitrogens with zero attached hydrogens (tertiary/aromatic N) is 2. The largest absolute Gasteiger partial charge is 0.542 e. The zero-order valence-electron chi connectivity index (χ0n) is 22.6. The Kier molecular flexibility index (Phi) is 12.0. The van der Waals surface area contributed by atoms with Crippen LogP contribution in [0.5, 0.6) is 0 Å². The molecule has 2 heterocycles. The molecule has 43 heavy (non-hydrogen) atoms. The molecule has 0 aliphatic carbocycles. The van der Waals surface area contributed by atoms with Gasteiger partial charge in [0.2, 0.25) is 0 Å². The quantitative estimate of drug-likeness (QED) is 0.294. The van der Waals surface area contributed by atoms with Crippen molar-refractivity contribution in [3.63, 3.8) is 0 Å². The van der Waals surface area contributed by atoms with Gasteiger partial charge < -0.3 is 35.8 Å². The van der Waals surface area contributed by atoms with Crippen molar-refractivity contribution < 1.29 is 65.5 Å². The molecule has 17 heteroatoms. The minimum Gasteiger partial charge on any atom is -0.542 e. The number of carboxylic acids is 2. The van der Waals surface area contributed by atoms with Crippen LogP contribution in [0.3, 0.4) is 0 Å². The molecule has 2 aromatic carbocycles. The fraction of sp³-hybridized carbons (Fsp3) is 0.385. The Morgan fingerprint density at radius 2 is 1.51 bits per heavy atom. The van der Waals surface area contributed by atoms with E-state index < -0.39 is 36.0 Å². The first-order chi connectivity index (χ1) is 19.9. The van der Waals surface area contributed by atoms with Gasteiger partial charge in [-0.1, -0.05) is 12.1 Å². The van der Waals surface area contributed by atoms with Crippen LogP contribution < -0.4 is 26.2 Å². The molecule has 0 saturated carbocycles. The third kappa shape index (κ3) is 11.2. The number of fused-ring (bicyclic) bond motifs is 1. The number of alkyl halides is 6. The van der Waals surface area contributed by atoms with Gasteiger partial charge in [0, 0.05) is 35.9 Å². The Labute approximate surface area is 239 Å². The van der Waals surface area contributed by atoms with Crippen LogP contribution in [0.15, 0.2) is 42.6 Å². The number of piperidine rings is 1. The van der Waals surface area contributed by atoms with Crippen LogP contribution in [-0.2, 0) is 16.1 Å². The molecule has 1 aromatic heterocycles. The van der Waals surface area contributed by atoms with E-state index in [1.165, 1.54) is 44.1 Å². The molecule has 0 bridgehead atoms. The van der Waals surface area contributed by atoms with E-state index in [-0.39, 0.29) is 5.56 Å². The number of aromatic nitrogens is 2. The van der Waals surface area contributed by atoms with E-state index >= 15 is 0 Å². The van der Waals surface area contributed by atoms with Gasteiger partial charge in [-0.25, -0.2) is 9.07 Å². The molecule has 5 N–H and O–H groups in total. The number of hydrogen-bond donors (Lipinski definition) is 3. The number of carbonyl (C=O) groups excluding carboxylic acids is 3. The average Bonchev–Trinajstić information content (AvgIpc) is 3.33. The second kappa shape index (κ2) is 14.8. The maximum Gasteiger partial charge on any atom is 0.430 e. The Bertz CT molecular complexity index is 1380. The van der Waals surface area contributed by atoms with Gasteiger partial charge in [0.05, 0.1) is 37.9 Å². The summed E-state index contributed by atoms with van der Waals surface area (Å²) in [5.74, 6) is -6.37. The van der Waals surface area contributed by atoms with Crippen LogP contribution in [0.1, 0.15) is 28.8 Å². The first kappa shape index (κ1) is 34.9. The maximum atomic E-state index is 13.7. The number of halogens is 7. The van der Waals surface area contributed by atoms with Gasteiger partial charge in [-0.2, -0.15) is 31.4 Å². The maximum absolute atomic E-state index is 13.7. The lowest BCUT2D eigenvalue weighted by atomic mass is 9.97. The molecular formula is C26H28F7N5O5. The van der Waals surface area contributed by atoms with Crippen molar-refractivity contribution in [2.24, 2.45) is 11.7 Å². The number of aliphatic carboxylic acids is 2. The summed E-state index contributed by atoms with van der Waals surface area (Å²) in [6.07, 6.45) is -6.03. The van der Waals surface area contributed by atoms with Crippen LogP contribution in [0.4, 0.5) is 30.7 Å². The van der Waals surface area contributed by atoms with Crippen molar-refractivity contribution in [3.8, 4) is 5.69 Å². The molecule has 0 radical (unpaired) electrons. The highest BCUT2D eigenvalue weighted by Gasteiger charge is 2.29. The average molecular weight is 624 g/mol. The number of hydrogen-bond acceptors (Lipinski definition) is 6. The zero-order chi connectivity index (χ0) is 32.5. The molecule has 3 aromatic rings. The minimum absolute atomic E-state index is 0.0977. The number of benzene rings is 2. The number of likely N-dealkylation sites (tertiary alicyclic amines) is 1. The monoisotopic (exact) mass is 623 g/mol. The number of quaternary nitrogens is 2. The normalized spacial score (nSPS) is 16.8. The highest BCUT2D eigenvalue weighted by Crippen LogP contribution is 2.21. The molecule has 236 valence electrons. The van der Waals surface area contributed by atoms with Crippen LogP contribution in [0.2, 0.25) is 0 Å². The number of carbonyl (C=O) groups is 3. The molecule has 1 fully saturated rings. The van der Waals surface area contributed by atoms with Crippen LogP contribution in [-0.4, -0.2) is 66.7 Å². The summed E-state index contributed by atoms with van der Waals surface area (Å²) in [7, 11) is 2.27. The van der Waals surface area contributed by atoms with E-state index in [1.807, 2.05) is 12.1 Å². The number of nitrogens with one attached hydrogen (secondary N) is 1. The Morgan fingerprint density at radius 3 is 1.98 bits per heavy atom. The summed E-state index contributed by atoms with van der Waals surface area (Å²) in [5, 5.41) is 25.0. The lowest BCUT2D eigenvalue weighted by Crippen LogP contribution is -3.10. The Morgan fingerprint density at radius 1 is 1.00 bits per heavy atom. The van der Waals surface area contributed by atoms with E-state index in [0.717, 1.165) is 24.2 Å². The molecule has 0 unspecified atom stereocenters. The molecule has 1 saturated heterocycles. The van der Waals surface area contributed by atoms with E-state index in [1.54, 1.807) is 15.8 Å². The summed E-state index contributed by atoms with van der Waals surface area (Å²) in [4.78, 5) is 30.8. The number of carboxylic acid groups (broad SMARTS) is 2. The number of rotatable bonds is 6. The van der Waals surface area contributed by atoms with E-state index in [0.29, 0.717) is 10.9 Å². The van der Waals surface area contributed by atoms with Crippen molar-refractivity contribution in [3.05, 3.63) is 59.5 Å². The molecule has 0 spiro atoms. The molecule has 4 rings (SSSR count). The lowest BCUT2D eigenvalue weighted by molar-refractivity contribution is -0.887. The summed E-state index contributed by atoms with van der Waals surface area (Å²) in [6, 6.07) is 10.7. The molecule has 1 aliphatic heterocycles. The van der Waals surface area contributed by atoms with Crippen molar-refractivity contribution in [1.82, 2.24) is 9.78 Å². The topological polar surface area (TPSA) is 162 Å².